The molecule has 1 fully saturated rings. The average molecular weight is 298 g/mol. The van der Waals surface area contributed by atoms with E-state index in [1.54, 1.807) is 18.2 Å². The summed E-state index contributed by atoms with van der Waals surface area (Å²) in [5.74, 6) is 0.484. The van der Waals surface area contributed by atoms with E-state index < -0.39 is 10.0 Å². The van der Waals surface area contributed by atoms with Crippen molar-refractivity contribution in [2.45, 2.75) is 38.1 Å². The Morgan fingerprint density at radius 3 is 2.60 bits per heavy atom. The zero-order valence-electron chi connectivity index (χ0n) is 11.5. The standard InChI is InChI=1S/C14H22N2O3S/c15-13-8-4-5-9-14(13)19-10-11-20(17,18)16-12-6-2-1-3-7-12/h4-5,8-9,12,16H,1-3,6-7,10-11,15H2. The number of hydrogen-bond donors (Lipinski definition) is 2. The van der Waals surface area contributed by atoms with E-state index in [9.17, 15) is 8.42 Å². The SMILES string of the molecule is Nc1ccccc1OCCS(=O)(=O)NC1CCCCC1. The van der Waals surface area contributed by atoms with Crippen LogP contribution in [0.2, 0.25) is 0 Å². The van der Waals surface area contributed by atoms with Crippen molar-refractivity contribution >= 4 is 15.7 Å². The third kappa shape index (κ3) is 4.68. The summed E-state index contributed by atoms with van der Waals surface area (Å²) >= 11 is 0. The molecule has 0 atom stereocenters. The lowest BCUT2D eigenvalue weighted by molar-refractivity contribution is 0.340. The van der Waals surface area contributed by atoms with Crippen LogP contribution in [0.5, 0.6) is 5.75 Å². The van der Waals surface area contributed by atoms with Crippen LogP contribution in [-0.2, 0) is 10.0 Å². The molecule has 0 bridgehead atoms. The molecular formula is C14H22N2O3S. The van der Waals surface area contributed by atoms with Gasteiger partial charge in [-0.1, -0.05) is 31.4 Å². The normalized spacial score (nSPS) is 17.0. The van der Waals surface area contributed by atoms with Gasteiger partial charge in [-0.3, -0.25) is 0 Å². The number of hydrogen-bond acceptors (Lipinski definition) is 4. The summed E-state index contributed by atoms with van der Waals surface area (Å²) in [5.41, 5.74) is 6.25. The zero-order valence-corrected chi connectivity index (χ0v) is 12.4. The van der Waals surface area contributed by atoms with Crippen LogP contribution in [0.3, 0.4) is 0 Å². The first-order chi connectivity index (χ1) is 9.57. The van der Waals surface area contributed by atoms with Gasteiger partial charge in [0.05, 0.1) is 11.4 Å². The topological polar surface area (TPSA) is 81.4 Å². The Morgan fingerprint density at radius 2 is 1.90 bits per heavy atom. The maximum absolute atomic E-state index is 12.0. The lowest BCUT2D eigenvalue weighted by Crippen LogP contribution is -2.38. The molecular weight excluding hydrogens is 276 g/mol. The number of anilines is 1. The fraction of sp³-hybridized carbons (Fsp3) is 0.571. The van der Waals surface area contributed by atoms with Crippen molar-refractivity contribution < 1.29 is 13.2 Å². The van der Waals surface area contributed by atoms with E-state index in [4.69, 9.17) is 10.5 Å². The number of para-hydroxylation sites is 2. The van der Waals surface area contributed by atoms with Gasteiger partial charge in [0.1, 0.15) is 12.4 Å². The molecule has 0 amide bonds. The first-order valence-corrected chi connectivity index (χ1v) is 8.69. The summed E-state index contributed by atoms with van der Waals surface area (Å²) in [6.45, 7) is 0.107. The smallest absolute Gasteiger partial charge is 0.215 e. The van der Waals surface area contributed by atoms with Crippen LogP contribution < -0.4 is 15.2 Å². The zero-order chi connectivity index (χ0) is 14.4. The summed E-state index contributed by atoms with van der Waals surface area (Å²) in [6.07, 6.45) is 5.28. The van der Waals surface area contributed by atoms with Crippen LogP contribution in [0.4, 0.5) is 5.69 Å². The average Bonchev–Trinajstić information content (AvgIpc) is 2.41. The molecule has 5 nitrogen and oxygen atoms in total. The summed E-state index contributed by atoms with van der Waals surface area (Å²) in [6, 6.07) is 7.17. The van der Waals surface area contributed by atoms with Crippen LogP contribution in [-0.4, -0.2) is 26.8 Å². The van der Waals surface area contributed by atoms with Crippen LogP contribution in [0, 0.1) is 0 Å². The Kier molecular flexibility index (Phi) is 5.25. The lowest BCUT2D eigenvalue weighted by atomic mass is 9.96. The molecule has 1 aromatic rings. The van der Waals surface area contributed by atoms with Crippen LogP contribution >= 0.6 is 0 Å². The predicted molar refractivity (Wildman–Crippen MR) is 80.1 cm³/mol. The van der Waals surface area contributed by atoms with E-state index in [-0.39, 0.29) is 18.4 Å². The Hall–Kier alpha value is -1.27. The van der Waals surface area contributed by atoms with E-state index in [1.165, 1.54) is 6.42 Å². The highest BCUT2D eigenvalue weighted by atomic mass is 32.2. The molecule has 1 aromatic carbocycles. The van der Waals surface area contributed by atoms with E-state index >= 15 is 0 Å². The monoisotopic (exact) mass is 298 g/mol. The quantitative estimate of drug-likeness (QED) is 0.786. The minimum Gasteiger partial charge on any atom is -0.490 e. The highest BCUT2D eigenvalue weighted by molar-refractivity contribution is 7.89. The molecule has 6 heteroatoms. The number of rotatable bonds is 6. The third-order valence-electron chi connectivity index (χ3n) is 3.48. The Balaban J connectivity index is 1.79. The van der Waals surface area contributed by atoms with Crippen molar-refractivity contribution in [1.82, 2.24) is 4.72 Å². The molecule has 112 valence electrons. The molecule has 1 saturated carbocycles. The van der Waals surface area contributed by atoms with Gasteiger partial charge in [0, 0.05) is 6.04 Å². The molecule has 20 heavy (non-hydrogen) atoms. The second-order valence-electron chi connectivity index (χ2n) is 5.16. The molecule has 3 N–H and O–H groups in total. The van der Waals surface area contributed by atoms with Crippen LogP contribution in [0.25, 0.3) is 0 Å². The van der Waals surface area contributed by atoms with Crippen molar-refractivity contribution in [3.8, 4) is 5.75 Å². The summed E-state index contributed by atoms with van der Waals surface area (Å²) in [7, 11) is -3.28. The lowest BCUT2D eigenvalue weighted by Gasteiger charge is -2.22. The Morgan fingerprint density at radius 1 is 1.20 bits per heavy atom. The van der Waals surface area contributed by atoms with Crippen LogP contribution in [0.1, 0.15) is 32.1 Å². The first-order valence-electron chi connectivity index (χ1n) is 7.04. The van der Waals surface area contributed by atoms with E-state index in [1.807, 2.05) is 6.07 Å². The number of nitrogen functional groups attached to an aromatic ring is 1. The molecule has 1 aliphatic rings. The summed E-state index contributed by atoms with van der Waals surface area (Å²) in [5, 5.41) is 0. The van der Waals surface area contributed by atoms with Gasteiger partial charge in [-0.25, -0.2) is 13.1 Å². The fourth-order valence-corrected chi connectivity index (χ4v) is 3.57. The largest absolute Gasteiger partial charge is 0.490 e. The predicted octanol–water partition coefficient (Wildman–Crippen LogP) is 1.90. The molecule has 0 spiro atoms. The minimum atomic E-state index is -3.28. The Labute approximate surface area is 120 Å². The van der Waals surface area contributed by atoms with Gasteiger partial charge in [-0.15, -0.1) is 0 Å². The molecule has 0 radical (unpaired) electrons. The van der Waals surface area contributed by atoms with E-state index in [0.29, 0.717) is 11.4 Å². The number of nitrogens with one attached hydrogen (secondary N) is 1. The number of nitrogens with two attached hydrogens (primary N) is 1. The van der Waals surface area contributed by atoms with Crippen molar-refractivity contribution in [2.75, 3.05) is 18.1 Å². The molecule has 0 heterocycles. The second-order valence-corrected chi connectivity index (χ2v) is 7.03. The van der Waals surface area contributed by atoms with Crippen molar-refractivity contribution in [3.05, 3.63) is 24.3 Å². The van der Waals surface area contributed by atoms with Gasteiger partial charge in [-0.2, -0.15) is 0 Å². The molecule has 0 unspecified atom stereocenters. The van der Waals surface area contributed by atoms with Gasteiger partial charge in [-0.05, 0) is 25.0 Å². The summed E-state index contributed by atoms with van der Waals surface area (Å²) in [4.78, 5) is 0. The minimum absolute atomic E-state index is 0.0438. The number of sulfonamides is 1. The highest BCUT2D eigenvalue weighted by Crippen LogP contribution is 2.20. The highest BCUT2D eigenvalue weighted by Gasteiger charge is 2.20. The Bertz CT molecular complexity index is 525. The molecule has 0 saturated heterocycles. The second kappa shape index (κ2) is 6.95. The van der Waals surface area contributed by atoms with Crippen molar-refractivity contribution in [2.24, 2.45) is 0 Å². The van der Waals surface area contributed by atoms with E-state index in [0.717, 1.165) is 25.7 Å². The summed E-state index contributed by atoms with van der Waals surface area (Å²) < 4.78 is 32.1. The maximum Gasteiger partial charge on any atom is 0.215 e. The van der Waals surface area contributed by atoms with Gasteiger partial charge < -0.3 is 10.5 Å². The fourth-order valence-electron chi connectivity index (χ4n) is 2.41. The maximum atomic E-state index is 12.0. The molecule has 0 aromatic heterocycles. The van der Waals surface area contributed by atoms with Crippen LogP contribution in [0.15, 0.2) is 24.3 Å². The molecule has 1 aliphatic carbocycles. The van der Waals surface area contributed by atoms with Crippen molar-refractivity contribution in [1.29, 1.82) is 0 Å². The number of ether oxygens (including phenoxy) is 1. The van der Waals surface area contributed by atoms with Gasteiger partial charge in [0.2, 0.25) is 10.0 Å². The third-order valence-corrected chi connectivity index (χ3v) is 4.88. The number of benzene rings is 1. The van der Waals surface area contributed by atoms with Gasteiger partial charge in [0.25, 0.3) is 0 Å². The van der Waals surface area contributed by atoms with Crippen molar-refractivity contribution in [3.63, 3.8) is 0 Å². The molecule has 2 rings (SSSR count). The van der Waals surface area contributed by atoms with Gasteiger partial charge >= 0.3 is 0 Å². The van der Waals surface area contributed by atoms with Gasteiger partial charge in [0.15, 0.2) is 0 Å². The molecule has 0 aliphatic heterocycles. The first kappa shape index (κ1) is 15.1. The van der Waals surface area contributed by atoms with E-state index in [2.05, 4.69) is 4.72 Å².